The molecule has 1 saturated carbocycles. The molecule has 1 saturated heterocycles. The number of hydrogen-bond donors (Lipinski definition) is 0. The number of nitrogens with zero attached hydrogens (tertiary/aromatic N) is 4. The minimum Gasteiger partial charge on any atom is -0.302 e. The van der Waals surface area contributed by atoms with Gasteiger partial charge in [0.15, 0.2) is 0 Å². The second-order valence-electron chi connectivity index (χ2n) is 12.4. The Labute approximate surface area is 262 Å². The summed E-state index contributed by atoms with van der Waals surface area (Å²) in [7, 11) is 1.83. The van der Waals surface area contributed by atoms with Crippen molar-refractivity contribution in [1.29, 1.82) is 0 Å². The van der Waals surface area contributed by atoms with Crippen molar-refractivity contribution in [1.82, 2.24) is 9.80 Å². The molecular weight excluding hydrogens is 531 g/mol. The molecule has 0 amide bonds. The van der Waals surface area contributed by atoms with Gasteiger partial charge < -0.3 is 9.80 Å². The average Bonchev–Trinajstić information content (AvgIpc) is 3.01. The Morgan fingerprint density at radius 2 is 1.88 bits per heavy atom. The van der Waals surface area contributed by atoms with Gasteiger partial charge >= 0.3 is 0 Å². The first-order chi connectivity index (χ1) is 20.8. The first-order valence-corrected chi connectivity index (χ1v) is 16.8. The van der Waals surface area contributed by atoms with Gasteiger partial charge in [0.05, 0.1) is 11.4 Å². The topological polar surface area (TPSA) is 31.2 Å². The number of piperidine rings is 1. The van der Waals surface area contributed by atoms with Gasteiger partial charge in [-0.3, -0.25) is 4.99 Å². The van der Waals surface area contributed by atoms with Gasteiger partial charge in [0, 0.05) is 25.5 Å². The van der Waals surface area contributed by atoms with Crippen LogP contribution in [0.4, 0.5) is 4.39 Å². The maximum Gasteiger partial charge on any atom is 0.137 e. The van der Waals surface area contributed by atoms with Gasteiger partial charge in [-0.2, -0.15) is 0 Å². The van der Waals surface area contributed by atoms with E-state index in [2.05, 4.69) is 99.5 Å². The molecule has 0 aromatic rings. The van der Waals surface area contributed by atoms with Crippen LogP contribution >= 0.6 is 0 Å². The van der Waals surface area contributed by atoms with Crippen molar-refractivity contribution in [2.24, 2.45) is 21.8 Å². The summed E-state index contributed by atoms with van der Waals surface area (Å²) in [5.41, 5.74) is 9.78. The van der Waals surface area contributed by atoms with Gasteiger partial charge in [-0.25, -0.2) is 9.38 Å². The third kappa shape index (κ3) is 9.60. The van der Waals surface area contributed by atoms with Gasteiger partial charge in [-0.05, 0) is 125 Å². The highest BCUT2D eigenvalue weighted by atomic mass is 19.1. The molecular formula is C38H57FN4. The van der Waals surface area contributed by atoms with Crippen LogP contribution in [-0.2, 0) is 0 Å². The van der Waals surface area contributed by atoms with Crippen LogP contribution in [0.2, 0.25) is 0 Å². The van der Waals surface area contributed by atoms with E-state index >= 15 is 0 Å². The molecule has 0 radical (unpaired) electrons. The molecule has 1 aliphatic carbocycles. The minimum absolute atomic E-state index is 0.253. The number of fused-ring (bicyclic) bond motifs is 1. The molecule has 0 aromatic carbocycles. The number of aliphatic imine (C=N–C) groups is 2. The molecule has 2 fully saturated rings. The number of alkyl halides is 1. The van der Waals surface area contributed by atoms with Crippen LogP contribution in [0.3, 0.4) is 0 Å². The number of hydrogen-bond acceptors (Lipinski definition) is 4. The molecule has 43 heavy (non-hydrogen) atoms. The summed E-state index contributed by atoms with van der Waals surface area (Å²) >= 11 is 0. The molecule has 0 N–H and O–H groups in total. The van der Waals surface area contributed by atoms with Gasteiger partial charge in [-0.1, -0.05) is 64.0 Å². The van der Waals surface area contributed by atoms with Crippen LogP contribution in [0.5, 0.6) is 0 Å². The zero-order valence-corrected chi connectivity index (χ0v) is 28.2. The first kappa shape index (κ1) is 34.7. The zero-order chi connectivity index (χ0) is 31.4. The minimum atomic E-state index is -0.253. The van der Waals surface area contributed by atoms with Crippen molar-refractivity contribution in [2.45, 2.75) is 99.3 Å². The second-order valence-corrected chi connectivity index (χ2v) is 12.4. The Kier molecular flexibility index (Phi) is 14.1. The van der Waals surface area contributed by atoms with E-state index < -0.39 is 0 Å². The van der Waals surface area contributed by atoms with Crippen molar-refractivity contribution in [3.05, 3.63) is 82.4 Å². The zero-order valence-electron chi connectivity index (χ0n) is 28.2. The Hall–Kier alpha value is -2.79. The first-order valence-electron chi connectivity index (χ1n) is 16.8. The monoisotopic (exact) mass is 588 g/mol. The fraction of sp³-hybridized carbons (Fsp3) is 0.579. The lowest BCUT2D eigenvalue weighted by Gasteiger charge is -2.37. The number of amidine groups is 1. The maximum absolute atomic E-state index is 12.7. The van der Waals surface area contributed by atoms with E-state index in [-0.39, 0.29) is 6.67 Å². The van der Waals surface area contributed by atoms with Crippen molar-refractivity contribution in [3.8, 4) is 0 Å². The molecule has 1 unspecified atom stereocenters. The molecule has 1 atom stereocenters. The van der Waals surface area contributed by atoms with Gasteiger partial charge in [-0.15, -0.1) is 0 Å². The van der Waals surface area contributed by atoms with Crippen LogP contribution in [0, 0.1) is 11.8 Å². The molecule has 3 aliphatic heterocycles. The number of allylic oxidation sites excluding steroid dienone is 9. The standard InChI is InChI=1S/C28H37FN4.C10H20/c1-5-20(2)21(3)17-25(30-4)26-18-27(23-7-6-8-23)33-19-24(9-10-28(33)31-26)22-11-14-32(15-12-22)16-13-29;1-5-7-8-10(4)9(3)6-2/h9-10,17-19,22H,2,5-8,11-16H2,1,3-4H3;8-9H,5-7H2,1-4H3/b21-17+,30-25?;10-8-. The average molecular weight is 589 g/mol. The number of rotatable bonds is 11. The van der Waals surface area contributed by atoms with Crippen molar-refractivity contribution < 1.29 is 4.39 Å². The van der Waals surface area contributed by atoms with Crippen molar-refractivity contribution >= 4 is 11.5 Å². The Bertz CT molecular complexity index is 1210. The van der Waals surface area contributed by atoms with Crippen molar-refractivity contribution in [3.63, 3.8) is 0 Å². The summed E-state index contributed by atoms with van der Waals surface area (Å²) in [5, 5.41) is 0. The van der Waals surface area contributed by atoms with Crippen LogP contribution in [0.25, 0.3) is 0 Å². The van der Waals surface area contributed by atoms with E-state index in [1.807, 2.05) is 7.05 Å². The van der Waals surface area contributed by atoms with Gasteiger partial charge in [0.25, 0.3) is 0 Å². The van der Waals surface area contributed by atoms with E-state index in [0.717, 1.165) is 79.5 Å². The normalized spacial score (nSPS) is 20.9. The number of halogens is 1. The third-order valence-corrected chi connectivity index (χ3v) is 9.48. The molecule has 4 aliphatic rings. The molecule has 0 spiro atoms. The SMILES string of the molecule is C=C(CC)/C(C)=C/C(=NC)C1=CC(=C2CCC2)N2C=C(C3CCN(CCF)CC3)C=CC2=N1.CCC/C=C(/C)C(C)CC. The molecule has 4 rings (SSSR count). The summed E-state index contributed by atoms with van der Waals surface area (Å²) < 4.78 is 12.7. The molecule has 4 nitrogen and oxygen atoms in total. The lowest BCUT2D eigenvalue weighted by atomic mass is 9.86. The molecule has 0 aromatic heterocycles. The van der Waals surface area contributed by atoms with Gasteiger partial charge in [0.1, 0.15) is 12.5 Å². The fourth-order valence-electron chi connectivity index (χ4n) is 5.75. The predicted octanol–water partition coefficient (Wildman–Crippen LogP) is 9.92. The fourth-order valence-corrected chi connectivity index (χ4v) is 5.75. The van der Waals surface area contributed by atoms with E-state index in [9.17, 15) is 4.39 Å². The Morgan fingerprint density at radius 1 is 1.16 bits per heavy atom. The largest absolute Gasteiger partial charge is 0.302 e. The van der Waals surface area contributed by atoms with Crippen LogP contribution in [0.15, 0.2) is 92.4 Å². The predicted molar refractivity (Wildman–Crippen MR) is 185 cm³/mol. The molecule has 0 bridgehead atoms. The summed E-state index contributed by atoms with van der Waals surface area (Å²) in [4.78, 5) is 14.1. The smallest absolute Gasteiger partial charge is 0.137 e. The van der Waals surface area contributed by atoms with Crippen LogP contribution < -0.4 is 0 Å². The maximum atomic E-state index is 12.7. The van der Waals surface area contributed by atoms with E-state index in [1.54, 1.807) is 5.57 Å². The van der Waals surface area contributed by atoms with Gasteiger partial charge in [0.2, 0.25) is 0 Å². The quantitative estimate of drug-likeness (QED) is 0.137. The lowest BCUT2D eigenvalue weighted by molar-refractivity contribution is 0.186. The third-order valence-electron chi connectivity index (χ3n) is 9.48. The lowest BCUT2D eigenvalue weighted by Crippen LogP contribution is -2.37. The number of likely N-dealkylation sites (tertiary alicyclic amines) is 1. The van der Waals surface area contributed by atoms with Crippen LogP contribution in [0.1, 0.15) is 99.3 Å². The summed E-state index contributed by atoms with van der Waals surface area (Å²) in [6, 6.07) is 0. The molecule has 236 valence electrons. The van der Waals surface area contributed by atoms with Crippen molar-refractivity contribution in [2.75, 3.05) is 33.4 Å². The van der Waals surface area contributed by atoms with E-state index in [4.69, 9.17) is 4.99 Å². The molecule has 3 heterocycles. The highest BCUT2D eigenvalue weighted by Gasteiger charge is 2.29. The van der Waals surface area contributed by atoms with E-state index in [1.165, 1.54) is 42.5 Å². The Balaban J connectivity index is 0.000000436. The highest BCUT2D eigenvalue weighted by molar-refractivity contribution is 6.12. The second kappa shape index (κ2) is 17.5. The van der Waals surface area contributed by atoms with E-state index in [0.29, 0.717) is 12.5 Å². The number of unbranched alkanes of at least 4 members (excludes halogenated alkanes) is 1. The van der Waals surface area contributed by atoms with Crippen LogP contribution in [-0.4, -0.2) is 54.7 Å². The summed E-state index contributed by atoms with van der Waals surface area (Å²) in [6.45, 7) is 19.7. The highest BCUT2D eigenvalue weighted by Crippen LogP contribution is 2.37. The summed E-state index contributed by atoms with van der Waals surface area (Å²) in [6.07, 6.45) is 23.8. The Morgan fingerprint density at radius 3 is 2.44 bits per heavy atom. The summed E-state index contributed by atoms with van der Waals surface area (Å²) in [5.74, 6) is 2.27. The molecule has 5 heteroatoms.